The third-order valence-electron chi connectivity index (χ3n) is 7.38. The topological polar surface area (TPSA) is 29.5 Å². The first-order chi connectivity index (χ1) is 11.2. The van der Waals surface area contributed by atoms with Crippen molar-refractivity contribution in [2.75, 3.05) is 7.11 Å². The van der Waals surface area contributed by atoms with Gasteiger partial charge in [-0.2, -0.15) is 0 Å². The molecular weight excluding hydrogens is 284 g/mol. The quantitative estimate of drug-likeness (QED) is 0.831. The molecule has 1 radical (unpaired) electrons. The van der Waals surface area contributed by atoms with Crippen LogP contribution < -0.4 is 4.74 Å². The lowest BCUT2D eigenvalue weighted by Crippen LogP contribution is -2.46. The van der Waals surface area contributed by atoms with Crippen LogP contribution in [-0.2, 0) is 0 Å². The molecule has 4 rings (SSSR count). The number of hydrogen-bond donors (Lipinski definition) is 1. The van der Waals surface area contributed by atoms with Gasteiger partial charge in [0.2, 0.25) is 0 Å². The minimum atomic E-state index is -0.317. The Hall–Kier alpha value is -1.02. The van der Waals surface area contributed by atoms with E-state index in [0.717, 1.165) is 23.7 Å². The predicted octanol–water partition coefficient (Wildman–Crippen LogP) is 5.01. The molecule has 5 atom stereocenters. The van der Waals surface area contributed by atoms with Crippen LogP contribution in [0.15, 0.2) is 12.1 Å². The average molecular weight is 313 g/mol. The summed E-state index contributed by atoms with van der Waals surface area (Å²) in [5.41, 5.74) is 3.01. The highest BCUT2D eigenvalue weighted by Crippen LogP contribution is 2.62. The van der Waals surface area contributed by atoms with E-state index < -0.39 is 0 Å². The van der Waals surface area contributed by atoms with Gasteiger partial charge in [0.15, 0.2) is 0 Å². The van der Waals surface area contributed by atoms with Gasteiger partial charge in [0.1, 0.15) is 5.75 Å². The Morgan fingerprint density at radius 2 is 2.13 bits per heavy atom. The van der Waals surface area contributed by atoms with E-state index in [2.05, 4.69) is 19.1 Å². The van der Waals surface area contributed by atoms with E-state index in [1.807, 2.05) is 6.07 Å². The van der Waals surface area contributed by atoms with Crippen molar-refractivity contribution in [1.29, 1.82) is 0 Å². The van der Waals surface area contributed by atoms with Gasteiger partial charge in [0, 0.05) is 6.07 Å². The first-order valence-electron chi connectivity index (χ1n) is 9.46. The van der Waals surface area contributed by atoms with Gasteiger partial charge >= 0.3 is 0 Å². The van der Waals surface area contributed by atoms with Gasteiger partial charge in [-0.3, -0.25) is 0 Å². The van der Waals surface area contributed by atoms with E-state index in [1.54, 1.807) is 7.11 Å². The predicted molar refractivity (Wildman–Crippen MR) is 91.6 cm³/mol. The number of methoxy groups -OCH3 is 1. The van der Waals surface area contributed by atoms with Crippen LogP contribution in [0.1, 0.15) is 81.4 Å². The summed E-state index contributed by atoms with van der Waals surface area (Å²) in [5.74, 6) is 2.88. The van der Waals surface area contributed by atoms with Gasteiger partial charge in [-0.05, 0) is 78.5 Å². The maximum atomic E-state index is 10.7. The molecule has 0 aliphatic heterocycles. The molecule has 0 aromatic heterocycles. The Morgan fingerprint density at radius 1 is 1.26 bits per heavy atom. The molecule has 0 heterocycles. The van der Waals surface area contributed by atoms with Crippen molar-refractivity contribution in [2.45, 2.75) is 70.3 Å². The van der Waals surface area contributed by atoms with Crippen molar-refractivity contribution < 1.29 is 9.84 Å². The summed E-state index contributed by atoms with van der Waals surface area (Å²) in [4.78, 5) is 0. The second-order valence-electron chi connectivity index (χ2n) is 8.04. The highest BCUT2D eigenvalue weighted by atomic mass is 16.5. The standard InChI is InChI=1S/C21H29O2/c1-3-21-10-5-4-6-19(21)18-13-20(22)16-8-7-14(23-2)12-17(16)15(18)9-11-21/h8,12,15,18-20,22H,3-6,9-11,13H2,1-2H3/t15-,18-,19+,20+,21+/m1/s1. The summed E-state index contributed by atoms with van der Waals surface area (Å²) in [6.07, 6.45) is 10.2. The monoisotopic (exact) mass is 313 g/mol. The van der Waals surface area contributed by atoms with E-state index in [0.29, 0.717) is 17.3 Å². The van der Waals surface area contributed by atoms with Gasteiger partial charge in [0.05, 0.1) is 13.2 Å². The zero-order chi connectivity index (χ0) is 16.0. The fourth-order valence-corrected chi connectivity index (χ4v) is 6.19. The van der Waals surface area contributed by atoms with E-state index in [4.69, 9.17) is 4.74 Å². The first-order valence-corrected chi connectivity index (χ1v) is 9.46. The second-order valence-corrected chi connectivity index (χ2v) is 8.04. The lowest BCUT2D eigenvalue weighted by atomic mass is 9.49. The number of ether oxygens (including phenoxy) is 1. The van der Waals surface area contributed by atoms with Gasteiger partial charge in [-0.25, -0.2) is 0 Å². The number of aliphatic hydroxyl groups is 1. The maximum Gasteiger partial charge on any atom is 0.127 e. The lowest BCUT2D eigenvalue weighted by Gasteiger charge is -2.56. The number of fused-ring (bicyclic) bond motifs is 5. The second kappa shape index (κ2) is 5.81. The Bertz CT molecular complexity index is 581. The smallest absolute Gasteiger partial charge is 0.127 e. The molecule has 2 fully saturated rings. The van der Waals surface area contributed by atoms with Gasteiger partial charge in [-0.15, -0.1) is 0 Å². The van der Waals surface area contributed by atoms with Gasteiger partial charge in [0.25, 0.3) is 0 Å². The van der Waals surface area contributed by atoms with E-state index in [-0.39, 0.29) is 6.10 Å². The molecule has 1 aromatic carbocycles. The Balaban J connectivity index is 1.73. The molecule has 1 N–H and O–H groups in total. The van der Waals surface area contributed by atoms with Crippen LogP contribution in [0.5, 0.6) is 5.75 Å². The van der Waals surface area contributed by atoms with Crippen LogP contribution in [0.3, 0.4) is 0 Å². The molecule has 125 valence electrons. The fraction of sp³-hybridized carbons (Fsp3) is 0.714. The Morgan fingerprint density at radius 3 is 2.91 bits per heavy atom. The number of hydrogen-bond acceptors (Lipinski definition) is 2. The highest BCUT2D eigenvalue weighted by Gasteiger charge is 2.51. The summed E-state index contributed by atoms with van der Waals surface area (Å²) in [5, 5.41) is 10.7. The van der Waals surface area contributed by atoms with Crippen LogP contribution in [0.25, 0.3) is 0 Å². The molecule has 0 unspecified atom stereocenters. The van der Waals surface area contributed by atoms with Crippen LogP contribution in [-0.4, -0.2) is 12.2 Å². The van der Waals surface area contributed by atoms with Crippen LogP contribution in [0, 0.1) is 23.3 Å². The number of rotatable bonds is 2. The largest absolute Gasteiger partial charge is 0.496 e. The average Bonchev–Trinajstić information content (AvgIpc) is 2.61. The third kappa shape index (κ3) is 2.33. The van der Waals surface area contributed by atoms with E-state index in [9.17, 15) is 5.11 Å². The Kier molecular flexibility index (Phi) is 3.91. The molecule has 3 aliphatic carbocycles. The highest BCUT2D eigenvalue weighted by molar-refractivity contribution is 5.41. The van der Waals surface area contributed by atoms with Crippen molar-refractivity contribution in [3.8, 4) is 5.75 Å². The molecule has 0 bridgehead atoms. The minimum Gasteiger partial charge on any atom is -0.496 e. The molecule has 1 aromatic rings. The molecule has 23 heavy (non-hydrogen) atoms. The molecule has 2 saturated carbocycles. The summed E-state index contributed by atoms with van der Waals surface area (Å²) in [6, 6.07) is 7.28. The molecule has 0 spiro atoms. The lowest BCUT2D eigenvalue weighted by molar-refractivity contribution is -0.0413. The summed E-state index contributed by atoms with van der Waals surface area (Å²) in [6.45, 7) is 2.39. The molecular formula is C21H29O2. The molecule has 2 nitrogen and oxygen atoms in total. The SMILES string of the molecule is CC[C@@]12CCCC[C@H]1[C@@H]1C[C@H](O)c3c[c]c(OC)cc3[C@H]1CC2. The summed E-state index contributed by atoms with van der Waals surface area (Å²) in [7, 11) is 1.71. The minimum absolute atomic E-state index is 0.317. The van der Waals surface area contributed by atoms with Crippen molar-refractivity contribution in [3.63, 3.8) is 0 Å². The van der Waals surface area contributed by atoms with Gasteiger partial charge in [-0.1, -0.05) is 26.2 Å². The molecule has 0 saturated heterocycles. The van der Waals surface area contributed by atoms with Gasteiger partial charge < -0.3 is 9.84 Å². The van der Waals surface area contributed by atoms with Crippen LogP contribution in [0.4, 0.5) is 0 Å². The third-order valence-corrected chi connectivity index (χ3v) is 7.38. The van der Waals surface area contributed by atoms with Crippen LogP contribution >= 0.6 is 0 Å². The fourth-order valence-electron chi connectivity index (χ4n) is 6.19. The Labute approximate surface area is 140 Å². The molecule has 2 heteroatoms. The van der Waals surface area contributed by atoms with Crippen LogP contribution in [0.2, 0.25) is 0 Å². The normalized spacial score (nSPS) is 39.1. The maximum absolute atomic E-state index is 10.7. The summed E-state index contributed by atoms with van der Waals surface area (Å²) < 4.78 is 5.41. The van der Waals surface area contributed by atoms with Crippen molar-refractivity contribution in [3.05, 3.63) is 29.3 Å². The van der Waals surface area contributed by atoms with Crippen molar-refractivity contribution in [1.82, 2.24) is 0 Å². The van der Waals surface area contributed by atoms with E-state index >= 15 is 0 Å². The van der Waals surface area contributed by atoms with E-state index in [1.165, 1.54) is 50.5 Å². The zero-order valence-corrected chi connectivity index (χ0v) is 14.5. The number of aliphatic hydroxyl groups excluding tert-OH is 1. The summed E-state index contributed by atoms with van der Waals surface area (Å²) >= 11 is 0. The van der Waals surface area contributed by atoms with Crippen molar-refractivity contribution >= 4 is 0 Å². The zero-order valence-electron chi connectivity index (χ0n) is 14.5. The molecule has 0 amide bonds. The van der Waals surface area contributed by atoms with Crippen molar-refractivity contribution in [2.24, 2.45) is 17.3 Å². The number of benzene rings is 1. The molecule has 3 aliphatic rings. The first kappa shape index (κ1) is 15.5.